The van der Waals surface area contributed by atoms with Crippen LogP contribution in [0, 0.1) is 5.41 Å². The standard InChI is InChI=1S/C6H13NS/c1-6(2)3-7(4-6)5-8/h8H,3-5H2,1-2H3. The van der Waals surface area contributed by atoms with E-state index in [9.17, 15) is 0 Å². The number of hydrogen-bond donors (Lipinski definition) is 1. The van der Waals surface area contributed by atoms with E-state index in [0.29, 0.717) is 5.41 Å². The van der Waals surface area contributed by atoms with Crippen molar-refractivity contribution in [1.82, 2.24) is 4.90 Å². The Morgan fingerprint density at radius 1 is 1.50 bits per heavy atom. The van der Waals surface area contributed by atoms with E-state index in [0.717, 1.165) is 5.88 Å². The topological polar surface area (TPSA) is 3.24 Å². The summed E-state index contributed by atoms with van der Waals surface area (Å²) in [5, 5.41) is 0. The molecule has 0 aromatic rings. The lowest BCUT2D eigenvalue weighted by molar-refractivity contribution is 0.0510. The van der Waals surface area contributed by atoms with Gasteiger partial charge in [-0.3, -0.25) is 4.90 Å². The van der Waals surface area contributed by atoms with Crippen LogP contribution in [0.3, 0.4) is 0 Å². The van der Waals surface area contributed by atoms with E-state index in [1.807, 2.05) is 0 Å². The number of thiol groups is 1. The molecule has 0 aromatic heterocycles. The first-order valence-electron chi connectivity index (χ1n) is 2.97. The summed E-state index contributed by atoms with van der Waals surface area (Å²) in [6.45, 7) is 7.01. The first-order valence-corrected chi connectivity index (χ1v) is 3.60. The molecule has 1 nitrogen and oxygen atoms in total. The molecule has 0 aromatic carbocycles. The van der Waals surface area contributed by atoms with Crippen LogP contribution in [0.25, 0.3) is 0 Å². The lowest BCUT2D eigenvalue weighted by atomic mass is 9.85. The Balaban J connectivity index is 2.21. The van der Waals surface area contributed by atoms with E-state index >= 15 is 0 Å². The van der Waals surface area contributed by atoms with Crippen LogP contribution in [0.15, 0.2) is 0 Å². The van der Waals surface area contributed by atoms with E-state index in [1.54, 1.807) is 0 Å². The van der Waals surface area contributed by atoms with Gasteiger partial charge in [0.15, 0.2) is 0 Å². The molecule has 0 spiro atoms. The van der Waals surface area contributed by atoms with Gasteiger partial charge in [0.1, 0.15) is 0 Å². The SMILES string of the molecule is CC1(C)CN(CS)C1. The average Bonchev–Trinajstić information content (AvgIpc) is 1.60. The summed E-state index contributed by atoms with van der Waals surface area (Å²) in [7, 11) is 0. The number of rotatable bonds is 1. The predicted octanol–water partition coefficient (Wildman–Crippen LogP) is 1.22. The first-order chi connectivity index (χ1) is 3.64. The Hall–Kier alpha value is 0.310. The Morgan fingerprint density at radius 2 is 2.00 bits per heavy atom. The number of nitrogens with zero attached hydrogens (tertiary/aromatic N) is 1. The second kappa shape index (κ2) is 1.92. The highest BCUT2D eigenvalue weighted by Gasteiger charge is 2.32. The molecule has 1 heterocycles. The number of likely N-dealkylation sites (tertiary alicyclic amines) is 1. The lowest BCUT2D eigenvalue weighted by Crippen LogP contribution is -2.51. The highest BCUT2D eigenvalue weighted by Crippen LogP contribution is 2.28. The smallest absolute Gasteiger partial charge is 0.0414 e. The van der Waals surface area contributed by atoms with Gasteiger partial charge in [-0.2, -0.15) is 12.6 Å². The van der Waals surface area contributed by atoms with Crippen molar-refractivity contribution in [2.45, 2.75) is 13.8 Å². The molecule has 48 valence electrons. The lowest BCUT2D eigenvalue weighted by Gasteiger charge is -2.44. The fourth-order valence-corrected chi connectivity index (χ4v) is 1.46. The molecule has 0 saturated carbocycles. The van der Waals surface area contributed by atoms with Crippen molar-refractivity contribution < 1.29 is 0 Å². The minimum absolute atomic E-state index is 0.572. The molecular formula is C6H13NS. The van der Waals surface area contributed by atoms with E-state index in [4.69, 9.17) is 0 Å². The van der Waals surface area contributed by atoms with E-state index in [1.165, 1.54) is 13.1 Å². The molecule has 1 aliphatic heterocycles. The van der Waals surface area contributed by atoms with Crippen molar-refractivity contribution in [3.05, 3.63) is 0 Å². The zero-order valence-corrected chi connectivity index (χ0v) is 6.41. The summed E-state index contributed by atoms with van der Waals surface area (Å²) in [6, 6.07) is 0. The predicted molar refractivity (Wildman–Crippen MR) is 39.2 cm³/mol. The molecule has 8 heavy (non-hydrogen) atoms. The van der Waals surface area contributed by atoms with Crippen LogP contribution >= 0.6 is 12.6 Å². The summed E-state index contributed by atoms with van der Waals surface area (Å²) >= 11 is 4.15. The van der Waals surface area contributed by atoms with Gasteiger partial charge in [0.05, 0.1) is 0 Å². The summed E-state index contributed by atoms with van der Waals surface area (Å²) in [4.78, 5) is 2.32. The Morgan fingerprint density at radius 3 is 2.12 bits per heavy atom. The molecule has 0 N–H and O–H groups in total. The summed E-state index contributed by atoms with van der Waals surface area (Å²) < 4.78 is 0. The Kier molecular flexibility index (Phi) is 1.54. The van der Waals surface area contributed by atoms with Gasteiger partial charge < -0.3 is 0 Å². The molecule has 0 bridgehead atoms. The quantitative estimate of drug-likeness (QED) is 0.524. The first kappa shape index (κ1) is 6.43. The van der Waals surface area contributed by atoms with Crippen molar-refractivity contribution in [3.63, 3.8) is 0 Å². The maximum atomic E-state index is 4.15. The molecule has 2 heteroatoms. The number of hydrogen-bond acceptors (Lipinski definition) is 2. The summed E-state index contributed by atoms with van der Waals surface area (Å²) in [6.07, 6.45) is 0. The van der Waals surface area contributed by atoms with Gasteiger partial charge in [0.25, 0.3) is 0 Å². The van der Waals surface area contributed by atoms with Crippen molar-refractivity contribution in [2.75, 3.05) is 19.0 Å². The summed E-state index contributed by atoms with van der Waals surface area (Å²) in [5.74, 6) is 0.920. The average molecular weight is 131 g/mol. The van der Waals surface area contributed by atoms with Gasteiger partial charge in [-0.05, 0) is 5.41 Å². The van der Waals surface area contributed by atoms with Crippen molar-refractivity contribution in [2.24, 2.45) is 5.41 Å². The Bertz CT molecular complexity index is 82.5. The highest BCUT2D eigenvalue weighted by atomic mass is 32.1. The molecule has 0 amide bonds. The zero-order chi connectivity index (χ0) is 6.20. The molecule has 1 saturated heterocycles. The van der Waals surface area contributed by atoms with Crippen LogP contribution in [0.4, 0.5) is 0 Å². The van der Waals surface area contributed by atoms with Crippen LogP contribution in [-0.4, -0.2) is 23.9 Å². The third kappa shape index (κ3) is 1.17. The maximum Gasteiger partial charge on any atom is 0.0414 e. The molecule has 1 rings (SSSR count). The van der Waals surface area contributed by atoms with Crippen molar-refractivity contribution >= 4 is 12.6 Å². The van der Waals surface area contributed by atoms with Crippen LogP contribution in [0.1, 0.15) is 13.8 Å². The van der Waals surface area contributed by atoms with E-state index in [-0.39, 0.29) is 0 Å². The fourth-order valence-electron chi connectivity index (χ4n) is 1.26. The molecule has 0 radical (unpaired) electrons. The molecule has 0 unspecified atom stereocenters. The van der Waals surface area contributed by atoms with Gasteiger partial charge in [-0.1, -0.05) is 13.8 Å². The van der Waals surface area contributed by atoms with Crippen molar-refractivity contribution in [1.29, 1.82) is 0 Å². The summed E-state index contributed by atoms with van der Waals surface area (Å²) in [5.41, 5.74) is 0.572. The minimum atomic E-state index is 0.572. The minimum Gasteiger partial charge on any atom is -0.293 e. The van der Waals surface area contributed by atoms with Crippen LogP contribution < -0.4 is 0 Å². The van der Waals surface area contributed by atoms with Crippen LogP contribution in [0.5, 0.6) is 0 Å². The molecule has 1 aliphatic rings. The normalized spacial score (nSPS) is 27.4. The second-order valence-corrected chi connectivity index (χ2v) is 3.58. The maximum absolute atomic E-state index is 4.15. The van der Waals surface area contributed by atoms with Crippen molar-refractivity contribution in [3.8, 4) is 0 Å². The van der Waals surface area contributed by atoms with Gasteiger partial charge >= 0.3 is 0 Å². The molecule has 1 fully saturated rings. The fraction of sp³-hybridized carbons (Fsp3) is 1.00. The van der Waals surface area contributed by atoms with Gasteiger partial charge in [-0.25, -0.2) is 0 Å². The zero-order valence-electron chi connectivity index (χ0n) is 5.52. The monoisotopic (exact) mass is 131 g/mol. The molecular weight excluding hydrogens is 118 g/mol. The van der Waals surface area contributed by atoms with Gasteiger partial charge in [-0.15, -0.1) is 0 Å². The van der Waals surface area contributed by atoms with Gasteiger partial charge in [0, 0.05) is 19.0 Å². The second-order valence-electron chi connectivity index (χ2n) is 3.29. The Labute approximate surface area is 56.5 Å². The molecule has 0 aliphatic carbocycles. The largest absolute Gasteiger partial charge is 0.293 e. The molecule has 0 atom stereocenters. The van der Waals surface area contributed by atoms with Gasteiger partial charge in [0.2, 0.25) is 0 Å². The van der Waals surface area contributed by atoms with Crippen LogP contribution in [-0.2, 0) is 0 Å². The van der Waals surface area contributed by atoms with E-state index in [2.05, 4.69) is 31.4 Å². The highest BCUT2D eigenvalue weighted by molar-refractivity contribution is 7.80. The third-order valence-electron chi connectivity index (χ3n) is 1.50. The van der Waals surface area contributed by atoms with Crippen LogP contribution in [0.2, 0.25) is 0 Å². The van der Waals surface area contributed by atoms with E-state index < -0.39 is 0 Å². The third-order valence-corrected chi connectivity index (χ3v) is 1.90.